The highest BCUT2D eigenvalue weighted by atomic mass is 16.3. The highest BCUT2D eigenvalue weighted by Crippen LogP contribution is 2.32. The molecule has 0 aromatic carbocycles. The normalized spacial score (nSPS) is 21.8. The molecule has 1 aliphatic carbocycles. The lowest BCUT2D eigenvalue weighted by atomic mass is 10.1. The number of furan rings is 1. The second kappa shape index (κ2) is 7.20. The summed E-state index contributed by atoms with van der Waals surface area (Å²) in [7, 11) is 0. The smallest absolute Gasteiger partial charge is 0.242 e. The molecule has 1 aromatic heterocycles. The molecule has 23 heavy (non-hydrogen) atoms. The number of nitrogens with zero attached hydrogens (tertiary/aromatic N) is 1. The lowest BCUT2D eigenvalue weighted by molar-refractivity contribution is -0.135. The maximum Gasteiger partial charge on any atom is 0.242 e. The van der Waals surface area contributed by atoms with E-state index in [-0.39, 0.29) is 30.3 Å². The van der Waals surface area contributed by atoms with E-state index < -0.39 is 0 Å². The summed E-state index contributed by atoms with van der Waals surface area (Å²) in [5.41, 5.74) is 0. The fraction of sp³-hybridized carbons (Fsp3) is 0.667. The first-order chi connectivity index (χ1) is 11.2. The van der Waals surface area contributed by atoms with Crippen molar-refractivity contribution in [3.05, 3.63) is 23.7 Å². The molecule has 5 nitrogen and oxygen atoms in total. The first-order valence-electron chi connectivity index (χ1n) is 8.85. The van der Waals surface area contributed by atoms with Crippen LogP contribution in [-0.2, 0) is 16.0 Å². The third-order valence-electron chi connectivity index (χ3n) is 4.79. The molecular weight excluding hydrogens is 292 g/mol. The molecule has 1 atom stereocenters. The van der Waals surface area contributed by atoms with Gasteiger partial charge in [-0.25, -0.2) is 0 Å². The van der Waals surface area contributed by atoms with Gasteiger partial charge in [0.25, 0.3) is 0 Å². The Morgan fingerprint density at radius 2 is 2.04 bits per heavy atom. The van der Waals surface area contributed by atoms with Crippen LogP contribution >= 0.6 is 0 Å². The lowest BCUT2D eigenvalue weighted by Gasteiger charge is -2.29. The Bertz CT molecular complexity index is 562. The fourth-order valence-corrected chi connectivity index (χ4v) is 3.22. The summed E-state index contributed by atoms with van der Waals surface area (Å²) in [6.07, 6.45) is 6.95. The standard InChI is InChI=1S/C18H26N2O3/c1-2-14-9-10-16(23-14)15-6-4-3-5-11-20(15)17(21)12-19-18(22)13-7-8-13/h9-10,13,15H,2-8,11-12H2,1H3,(H,19,22). The number of rotatable bonds is 5. The van der Waals surface area contributed by atoms with Crippen molar-refractivity contribution in [1.82, 2.24) is 10.2 Å². The van der Waals surface area contributed by atoms with Crippen LogP contribution in [0.5, 0.6) is 0 Å². The van der Waals surface area contributed by atoms with E-state index in [4.69, 9.17) is 4.42 Å². The maximum absolute atomic E-state index is 12.6. The summed E-state index contributed by atoms with van der Waals surface area (Å²) in [4.78, 5) is 26.3. The molecule has 3 rings (SSSR count). The van der Waals surface area contributed by atoms with Gasteiger partial charge in [-0.1, -0.05) is 19.8 Å². The average Bonchev–Trinajstić information content (AvgIpc) is 3.35. The van der Waals surface area contributed by atoms with E-state index >= 15 is 0 Å². The predicted octanol–water partition coefficient (Wildman–Crippen LogP) is 2.81. The van der Waals surface area contributed by atoms with Crippen LogP contribution in [0.3, 0.4) is 0 Å². The first-order valence-corrected chi connectivity index (χ1v) is 8.85. The monoisotopic (exact) mass is 318 g/mol. The van der Waals surface area contributed by atoms with Gasteiger partial charge in [-0.15, -0.1) is 0 Å². The minimum absolute atomic E-state index is 0.000323. The number of hydrogen-bond donors (Lipinski definition) is 1. The maximum atomic E-state index is 12.6. The van der Waals surface area contributed by atoms with Crippen molar-refractivity contribution in [3.63, 3.8) is 0 Å². The van der Waals surface area contributed by atoms with Crippen molar-refractivity contribution in [2.75, 3.05) is 13.1 Å². The molecule has 1 aromatic rings. The molecule has 1 saturated heterocycles. The van der Waals surface area contributed by atoms with Gasteiger partial charge in [-0.05, 0) is 37.8 Å². The summed E-state index contributed by atoms with van der Waals surface area (Å²) in [5.74, 6) is 2.00. The number of amides is 2. The van der Waals surface area contributed by atoms with E-state index in [0.717, 1.165) is 63.0 Å². The van der Waals surface area contributed by atoms with Crippen molar-refractivity contribution < 1.29 is 14.0 Å². The van der Waals surface area contributed by atoms with Crippen LogP contribution in [-0.4, -0.2) is 29.8 Å². The predicted molar refractivity (Wildman–Crippen MR) is 86.7 cm³/mol. The van der Waals surface area contributed by atoms with Crippen molar-refractivity contribution in [2.24, 2.45) is 5.92 Å². The van der Waals surface area contributed by atoms with Gasteiger partial charge in [0.1, 0.15) is 11.5 Å². The topological polar surface area (TPSA) is 62.6 Å². The van der Waals surface area contributed by atoms with E-state index in [1.165, 1.54) is 0 Å². The third kappa shape index (κ3) is 3.95. The van der Waals surface area contributed by atoms with Crippen LogP contribution in [0.4, 0.5) is 0 Å². The number of carbonyl (C=O) groups excluding carboxylic acids is 2. The molecule has 2 heterocycles. The molecule has 5 heteroatoms. The third-order valence-corrected chi connectivity index (χ3v) is 4.79. The summed E-state index contributed by atoms with van der Waals surface area (Å²) < 4.78 is 5.90. The van der Waals surface area contributed by atoms with Gasteiger partial charge in [0.05, 0.1) is 12.6 Å². The summed E-state index contributed by atoms with van der Waals surface area (Å²) in [6, 6.07) is 4.00. The van der Waals surface area contributed by atoms with E-state index in [2.05, 4.69) is 12.2 Å². The largest absolute Gasteiger partial charge is 0.464 e. The SMILES string of the molecule is CCc1ccc(C2CCCCCN2C(=O)CNC(=O)C2CC2)o1. The number of carbonyl (C=O) groups is 2. The van der Waals surface area contributed by atoms with Gasteiger partial charge in [0, 0.05) is 18.9 Å². The quantitative estimate of drug-likeness (QED) is 0.908. The van der Waals surface area contributed by atoms with Crippen molar-refractivity contribution in [3.8, 4) is 0 Å². The van der Waals surface area contributed by atoms with Crippen LogP contribution in [0.15, 0.2) is 16.5 Å². The molecule has 0 radical (unpaired) electrons. The second-order valence-corrected chi connectivity index (χ2v) is 6.60. The van der Waals surface area contributed by atoms with Gasteiger partial charge >= 0.3 is 0 Å². The Balaban J connectivity index is 1.67. The Kier molecular flexibility index (Phi) is 5.03. The number of nitrogens with one attached hydrogen (secondary N) is 1. The second-order valence-electron chi connectivity index (χ2n) is 6.60. The van der Waals surface area contributed by atoms with Gasteiger partial charge in [0.15, 0.2) is 0 Å². The molecule has 126 valence electrons. The summed E-state index contributed by atoms with van der Waals surface area (Å²) in [5, 5.41) is 2.79. The van der Waals surface area contributed by atoms with Crippen LogP contribution < -0.4 is 5.32 Å². The van der Waals surface area contributed by atoms with Crippen LogP contribution in [0, 0.1) is 5.92 Å². The van der Waals surface area contributed by atoms with Gasteiger partial charge in [0.2, 0.25) is 11.8 Å². The number of likely N-dealkylation sites (tertiary alicyclic amines) is 1. The van der Waals surface area contributed by atoms with E-state index in [1.807, 2.05) is 17.0 Å². The molecule has 2 amide bonds. The summed E-state index contributed by atoms with van der Waals surface area (Å²) >= 11 is 0. The highest BCUT2D eigenvalue weighted by Gasteiger charge is 2.32. The number of hydrogen-bond acceptors (Lipinski definition) is 3. The Hall–Kier alpha value is -1.78. The fourth-order valence-electron chi connectivity index (χ4n) is 3.22. The van der Waals surface area contributed by atoms with Crippen molar-refractivity contribution in [1.29, 1.82) is 0 Å². The average molecular weight is 318 g/mol. The molecule has 1 saturated carbocycles. The molecular formula is C18H26N2O3. The minimum atomic E-state index is 0.000323. The highest BCUT2D eigenvalue weighted by molar-refractivity contribution is 5.87. The van der Waals surface area contributed by atoms with E-state index in [1.54, 1.807) is 0 Å². The molecule has 2 aliphatic rings. The number of aryl methyl sites for hydroxylation is 1. The van der Waals surface area contributed by atoms with Crippen LogP contribution in [0.1, 0.15) is 63.0 Å². The Morgan fingerprint density at radius 3 is 2.74 bits per heavy atom. The van der Waals surface area contributed by atoms with E-state index in [9.17, 15) is 9.59 Å². The van der Waals surface area contributed by atoms with Gasteiger partial charge in [-0.3, -0.25) is 9.59 Å². The van der Waals surface area contributed by atoms with Crippen LogP contribution in [0.2, 0.25) is 0 Å². The molecule has 0 spiro atoms. The zero-order chi connectivity index (χ0) is 16.2. The minimum Gasteiger partial charge on any atom is -0.464 e. The Labute approximate surface area is 137 Å². The first kappa shape index (κ1) is 16.1. The van der Waals surface area contributed by atoms with Gasteiger partial charge in [-0.2, -0.15) is 0 Å². The molecule has 1 N–H and O–H groups in total. The molecule has 1 aliphatic heterocycles. The lowest BCUT2D eigenvalue weighted by Crippen LogP contribution is -2.42. The zero-order valence-corrected chi connectivity index (χ0v) is 13.8. The zero-order valence-electron chi connectivity index (χ0n) is 13.8. The van der Waals surface area contributed by atoms with Crippen LogP contribution in [0.25, 0.3) is 0 Å². The Morgan fingerprint density at radius 1 is 1.22 bits per heavy atom. The molecule has 0 bridgehead atoms. The van der Waals surface area contributed by atoms with E-state index in [0.29, 0.717) is 0 Å². The molecule has 1 unspecified atom stereocenters. The van der Waals surface area contributed by atoms with Crippen molar-refractivity contribution >= 4 is 11.8 Å². The molecule has 2 fully saturated rings. The summed E-state index contributed by atoms with van der Waals surface area (Å²) in [6.45, 7) is 2.91. The van der Waals surface area contributed by atoms with Gasteiger partial charge < -0.3 is 14.6 Å². The van der Waals surface area contributed by atoms with Crippen molar-refractivity contribution in [2.45, 2.75) is 57.9 Å².